The monoisotopic (exact) mass is 264 g/mol. The largest absolute Gasteiger partial charge is 0.293 e. The van der Waals surface area contributed by atoms with Crippen molar-refractivity contribution in [1.82, 2.24) is 9.55 Å². The van der Waals surface area contributed by atoms with Crippen LogP contribution in [-0.2, 0) is 6.54 Å². The molecule has 2 heterocycles. The summed E-state index contributed by atoms with van der Waals surface area (Å²) in [6.45, 7) is 4.53. The maximum Gasteiger partial charge on any atom is 0.252 e. The maximum atomic E-state index is 12.3. The van der Waals surface area contributed by atoms with Crippen LogP contribution in [-0.4, -0.2) is 9.55 Å². The lowest BCUT2D eigenvalue weighted by atomic mass is 10.0. The molecule has 0 atom stereocenters. The Kier molecular flexibility index (Phi) is 3.11. The van der Waals surface area contributed by atoms with Gasteiger partial charge in [-0.05, 0) is 37.1 Å². The Bertz CT molecular complexity index is 820. The van der Waals surface area contributed by atoms with Crippen LogP contribution in [0.5, 0.6) is 0 Å². The zero-order chi connectivity index (χ0) is 14.1. The summed E-state index contributed by atoms with van der Waals surface area (Å²) in [5.41, 5.74) is 3.67. The summed E-state index contributed by atoms with van der Waals surface area (Å²) < 4.78 is 1.72. The molecule has 0 aliphatic carbocycles. The Morgan fingerprint density at radius 3 is 2.55 bits per heavy atom. The van der Waals surface area contributed by atoms with Crippen molar-refractivity contribution >= 4 is 11.0 Å². The first-order chi connectivity index (χ1) is 9.70. The fraction of sp³-hybridized carbons (Fsp3) is 0.176. The van der Waals surface area contributed by atoms with E-state index in [9.17, 15) is 4.79 Å². The molecule has 0 saturated carbocycles. The number of aryl methyl sites for hydroxylation is 2. The molecule has 0 aliphatic rings. The third-order valence-electron chi connectivity index (χ3n) is 3.50. The third-order valence-corrected chi connectivity index (χ3v) is 3.50. The van der Waals surface area contributed by atoms with Gasteiger partial charge in [-0.25, -0.2) is 4.98 Å². The third kappa shape index (κ3) is 2.01. The molecule has 0 aliphatic heterocycles. The highest BCUT2D eigenvalue weighted by molar-refractivity contribution is 5.92. The van der Waals surface area contributed by atoms with Crippen molar-refractivity contribution in [3.63, 3.8) is 0 Å². The number of benzene rings is 1. The fourth-order valence-electron chi connectivity index (χ4n) is 2.50. The normalized spacial score (nSPS) is 10.9. The van der Waals surface area contributed by atoms with E-state index in [1.807, 2.05) is 56.3 Å². The number of pyridine rings is 2. The second-order valence-electron chi connectivity index (χ2n) is 4.83. The summed E-state index contributed by atoms with van der Waals surface area (Å²) in [5.74, 6) is 0. The summed E-state index contributed by atoms with van der Waals surface area (Å²) >= 11 is 0. The van der Waals surface area contributed by atoms with Crippen molar-refractivity contribution in [3.05, 3.63) is 64.6 Å². The molecule has 0 unspecified atom stereocenters. The van der Waals surface area contributed by atoms with E-state index in [4.69, 9.17) is 0 Å². The first-order valence-corrected chi connectivity index (χ1v) is 6.77. The van der Waals surface area contributed by atoms with Crippen LogP contribution in [0.3, 0.4) is 0 Å². The van der Waals surface area contributed by atoms with Gasteiger partial charge in [0.2, 0.25) is 0 Å². The van der Waals surface area contributed by atoms with Crippen molar-refractivity contribution in [2.45, 2.75) is 20.4 Å². The van der Waals surface area contributed by atoms with Crippen molar-refractivity contribution in [2.75, 3.05) is 0 Å². The molecular weight excluding hydrogens is 248 g/mol. The molecule has 0 radical (unpaired) electrons. The van der Waals surface area contributed by atoms with Gasteiger partial charge in [-0.3, -0.25) is 9.36 Å². The minimum absolute atomic E-state index is 0.00282. The Morgan fingerprint density at radius 2 is 1.85 bits per heavy atom. The smallest absolute Gasteiger partial charge is 0.252 e. The second kappa shape index (κ2) is 4.93. The average Bonchev–Trinajstić information content (AvgIpc) is 2.47. The van der Waals surface area contributed by atoms with Crippen LogP contribution in [0.2, 0.25) is 0 Å². The van der Waals surface area contributed by atoms with Gasteiger partial charge in [0.1, 0.15) is 5.65 Å². The molecule has 0 fully saturated rings. The highest BCUT2D eigenvalue weighted by Gasteiger charge is 2.10. The van der Waals surface area contributed by atoms with Crippen LogP contribution in [0.15, 0.2) is 53.3 Å². The lowest BCUT2D eigenvalue weighted by molar-refractivity contribution is 0.749. The van der Waals surface area contributed by atoms with E-state index >= 15 is 0 Å². The Balaban J connectivity index is 2.43. The van der Waals surface area contributed by atoms with Gasteiger partial charge in [0.25, 0.3) is 5.56 Å². The molecule has 1 aromatic carbocycles. The predicted molar refractivity (Wildman–Crippen MR) is 81.9 cm³/mol. The van der Waals surface area contributed by atoms with Crippen LogP contribution >= 0.6 is 0 Å². The number of hydrogen-bond acceptors (Lipinski definition) is 2. The summed E-state index contributed by atoms with van der Waals surface area (Å²) in [5, 5.41) is 1.02. The summed E-state index contributed by atoms with van der Waals surface area (Å²) in [7, 11) is 0. The highest BCUT2D eigenvalue weighted by atomic mass is 16.1. The van der Waals surface area contributed by atoms with Gasteiger partial charge in [-0.1, -0.05) is 30.3 Å². The Morgan fingerprint density at radius 1 is 1.10 bits per heavy atom. The van der Waals surface area contributed by atoms with E-state index in [-0.39, 0.29) is 5.56 Å². The van der Waals surface area contributed by atoms with Crippen LogP contribution < -0.4 is 5.56 Å². The van der Waals surface area contributed by atoms with Crippen LogP contribution in [0.4, 0.5) is 0 Å². The fourth-order valence-corrected chi connectivity index (χ4v) is 2.50. The van der Waals surface area contributed by atoms with Gasteiger partial charge in [-0.2, -0.15) is 0 Å². The quantitative estimate of drug-likeness (QED) is 0.711. The molecule has 0 N–H and O–H groups in total. The second-order valence-corrected chi connectivity index (χ2v) is 4.83. The van der Waals surface area contributed by atoms with Crippen molar-refractivity contribution in [3.8, 4) is 11.1 Å². The van der Waals surface area contributed by atoms with Crippen molar-refractivity contribution in [2.24, 2.45) is 0 Å². The van der Waals surface area contributed by atoms with Gasteiger partial charge in [0.05, 0.1) is 0 Å². The van der Waals surface area contributed by atoms with Gasteiger partial charge in [0.15, 0.2) is 0 Å². The van der Waals surface area contributed by atoms with Gasteiger partial charge in [0, 0.05) is 23.7 Å². The van der Waals surface area contributed by atoms with E-state index < -0.39 is 0 Å². The molecule has 3 nitrogen and oxygen atoms in total. The molecule has 2 aromatic heterocycles. The molecule has 20 heavy (non-hydrogen) atoms. The predicted octanol–water partition coefficient (Wildman–Crippen LogP) is 3.39. The van der Waals surface area contributed by atoms with E-state index in [0.29, 0.717) is 6.54 Å². The van der Waals surface area contributed by atoms with Crippen molar-refractivity contribution in [1.29, 1.82) is 0 Å². The van der Waals surface area contributed by atoms with Gasteiger partial charge >= 0.3 is 0 Å². The molecule has 3 heteroatoms. The number of rotatable bonds is 2. The Labute approximate surface area is 117 Å². The summed E-state index contributed by atoms with van der Waals surface area (Å²) in [6, 6.07) is 15.7. The lowest BCUT2D eigenvalue weighted by Crippen LogP contribution is -2.20. The van der Waals surface area contributed by atoms with Crippen LogP contribution in [0.1, 0.15) is 12.6 Å². The molecular formula is C17H16N2O. The van der Waals surface area contributed by atoms with Crippen LogP contribution in [0, 0.1) is 6.92 Å². The molecule has 3 aromatic rings. The molecule has 0 saturated heterocycles. The molecule has 0 bridgehead atoms. The van der Waals surface area contributed by atoms with E-state index in [1.54, 1.807) is 10.6 Å². The van der Waals surface area contributed by atoms with Gasteiger partial charge < -0.3 is 0 Å². The molecule has 0 amide bonds. The topological polar surface area (TPSA) is 34.9 Å². The molecule has 3 rings (SSSR count). The number of hydrogen-bond donors (Lipinski definition) is 0. The average molecular weight is 264 g/mol. The van der Waals surface area contributed by atoms with Crippen molar-refractivity contribution < 1.29 is 0 Å². The zero-order valence-corrected chi connectivity index (χ0v) is 11.6. The maximum absolute atomic E-state index is 12.3. The summed E-state index contributed by atoms with van der Waals surface area (Å²) in [4.78, 5) is 16.8. The number of nitrogens with zero attached hydrogens (tertiary/aromatic N) is 2. The highest BCUT2D eigenvalue weighted by Crippen LogP contribution is 2.26. The number of fused-ring (bicyclic) bond motifs is 1. The lowest BCUT2D eigenvalue weighted by Gasteiger charge is -2.12. The minimum atomic E-state index is -0.00282. The first kappa shape index (κ1) is 12.6. The van der Waals surface area contributed by atoms with E-state index in [1.165, 1.54) is 0 Å². The Hall–Kier alpha value is -2.42. The van der Waals surface area contributed by atoms with Crippen LogP contribution in [0.25, 0.3) is 22.2 Å². The van der Waals surface area contributed by atoms with E-state index in [2.05, 4.69) is 4.98 Å². The number of aromatic nitrogens is 2. The first-order valence-electron chi connectivity index (χ1n) is 6.77. The minimum Gasteiger partial charge on any atom is -0.293 e. The molecule has 0 spiro atoms. The standard InChI is InChI=1S/C17H16N2O/c1-3-19-16(20)11-15(13-7-5-4-6-8-13)14-10-9-12(2)18-17(14)19/h4-11H,3H2,1-2H3. The zero-order valence-electron chi connectivity index (χ0n) is 11.6. The SMILES string of the molecule is CCn1c(=O)cc(-c2ccccc2)c2ccc(C)nc21. The summed E-state index contributed by atoms with van der Waals surface area (Å²) in [6.07, 6.45) is 0. The van der Waals surface area contributed by atoms with E-state index in [0.717, 1.165) is 27.9 Å². The molecule has 100 valence electrons. The van der Waals surface area contributed by atoms with Gasteiger partial charge in [-0.15, -0.1) is 0 Å².